The number of benzene rings is 1. The molecular formula is C10H10FN3O3. The fraction of sp³-hybridized carbons (Fsp3) is 0.300. The number of carbonyl (C=O) groups is 1. The zero-order chi connectivity index (χ0) is 12.6. The second kappa shape index (κ2) is 4.10. The van der Waals surface area contributed by atoms with Gasteiger partial charge in [0.05, 0.1) is 4.92 Å². The lowest BCUT2D eigenvalue weighted by Crippen LogP contribution is -2.27. The molecule has 17 heavy (non-hydrogen) atoms. The molecule has 1 heterocycles. The Morgan fingerprint density at radius 1 is 1.59 bits per heavy atom. The molecule has 0 saturated heterocycles. The number of hydrogen-bond donors (Lipinski definition) is 2. The minimum Gasteiger partial charge on any atom is -0.330 e. The normalized spacial score (nSPS) is 18.5. The predicted octanol–water partition coefficient (Wildman–Crippen LogP) is 1.12. The van der Waals surface area contributed by atoms with Crippen LogP contribution in [-0.4, -0.2) is 17.4 Å². The molecule has 0 saturated carbocycles. The van der Waals surface area contributed by atoms with Crippen LogP contribution in [-0.2, 0) is 4.79 Å². The molecule has 0 radical (unpaired) electrons. The molecular weight excluding hydrogens is 229 g/mol. The van der Waals surface area contributed by atoms with E-state index in [2.05, 4.69) is 5.32 Å². The molecule has 0 aliphatic carbocycles. The summed E-state index contributed by atoms with van der Waals surface area (Å²) in [6.45, 7) is 0.184. The Labute approximate surface area is 95.8 Å². The zero-order valence-electron chi connectivity index (χ0n) is 8.77. The number of nitro groups is 1. The maximum absolute atomic E-state index is 13.4. The number of nitrogens with zero attached hydrogens (tertiary/aromatic N) is 1. The van der Waals surface area contributed by atoms with Gasteiger partial charge in [-0.25, -0.2) is 0 Å². The molecule has 7 heteroatoms. The van der Waals surface area contributed by atoms with Crippen molar-refractivity contribution in [2.24, 2.45) is 5.73 Å². The summed E-state index contributed by atoms with van der Waals surface area (Å²) in [6.07, 6.45) is 0.159. The van der Waals surface area contributed by atoms with Crippen molar-refractivity contribution in [3.05, 3.63) is 33.6 Å². The van der Waals surface area contributed by atoms with Gasteiger partial charge in [0.1, 0.15) is 0 Å². The zero-order valence-corrected chi connectivity index (χ0v) is 8.77. The number of nitro benzene ring substituents is 1. The van der Waals surface area contributed by atoms with E-state index < -0.39 is 16.4 Å². The van der Waals surface area contributed by atoms with E-state index in [4.69, 9.17) is 5.73 Å². The van der Waals surface area contributed by atoms with Gasteiger partial charge < -0.3 is 11.1 Å². The van der Waals surface area contributed by atoms with Crippen LogP contribution in [0.1, 0.15) is 17.9 Å². The van der Waals surface area contributed by atoms with Crippen LogP contribution in [0.5, 0.6) is 0 Å². The Morgan fingerprint density at radius 3 is 2.88 bits per heavy atom. The Morgan fingerprint density at radius 2 is 2.29 bits per heavy atom. The second-order valence-electron chi connectivity index (χ2n) is 3.83. The molecule has 1 amide bonds. The number of rotatable bonds is 2. The van der Waals surface area contributed by atoms with E-state index in [-0.39, 0.29) is 30.5 Å². The Balaban J connectivity index is 2.56. The van der Waals surface area contributed by atoms with Gasteiger partial charge in [0.25, 0.3) is 0 Å². The molecule has 0 aromatic heterocycles. The van der Waals surface area contributed by atoms with Gasteiger partial charge in [0, 0.05) is 30.2 Å². The first kappa shape index (κ1) is 11.5. The maximum Gasteiger partial charge on any atom is 0.305 e. The third-order valence-electron chi connectivity index (χ3n) is 2.75. The highest BCUT2D eigenvalue weighted by atomic mass is 19.1. The minimum atomic E-state index is -0.966. The molecule has 1 aromatic carbocycles. The standard InChI is InChI=1S/C10H10FN3O3/c11-7-3-8-6(2-9(7)14(16)17)5(4-12)1-10(15)13-8/h2-3,5H,1,4,12H2,(H,13,15). The first-order chi connectivity index (χ1) is 8.02. The van der Waals surface area contributed by atoms with E-state index >= 15 is 0 Å². The molecule has 1 atom stereocenters. The number of hydrogen-bond acceptors (Lipinski definition) is 4. The number of anilines is 1. The third kappa shape index (κ3) is 1.96. The van der Waals surface area contributed by atoms with Gasteiger partial charge in [-0.3, -0.25) is 14.9 Å². The summed E-state index contributed by atoms with van der Waals surface area (Å²) in [5.74, 6) is -1.54. The van der Waals surface area contributed by atoms with Crippen molar-refractivity contribution in [1.82, 2.24) is 0 Å². The van der Waals surface area contributed by atoms with Crippen molar-refractivity contribution >= 4 is 17.3 Å². The Hall–Kier alpha value is -2.02. The molecule has 3 N–H and O–H groups in total. The number of carbonyl (C=O) groups excluding carboxylic acids is 1. The SMILES string of the molecule is NCC1CC(=O)Nc2cc(F)c([N+](=O)[O-])cc21. The van der Waals surface area contributed by atoms with Crippen LogP contribution < -0.4 is 11.1 Å². The summed E-state index contributed by atoms with van der Waals surface area (Å²) in [5.41, 5.74) is 5.68. The number of amides is 1. The van der Waals surface area contributed by atoms with Gasteiger partial charge >= 0.3 is 5.69 Å². The van der Waals surface area contributed by atoms with Crippen molar-refractivity contribution < 1.29 is 14.1 Å². The van der Waals surface area contributed by atoms with Crippen LogP contribution in [0.25, 0.3) is 0 Å². The summed E-state index contributed by atoms with van der Waals surface area (Å²) < 4.78 is 13.4. The molecule has 0 fully saturated rings. The average Bonchev–Trinajstić information content (AvgIpc) is 2.26. The van der Waals surface area contributed by atoms with E-state index in [1.165, 1.54) is 0 Å². The highest BCUT2D eigenvalue weighted by molar-refractivity contribution is 5.95. The van der Waals surface area contributed by atoms with Crippen LogP contribution in [0.2, 0.25) is 0 Å². The van der Waals surface area contributed by atoms with Crippen LogP contribution in [0.15, 0.2) is 12.1 Å². The molecule has 1 aliphatic rings. The molecule has 0 spiro atoms. The van der Waals surface area contributed by atoms with E-state index in [0.717, 1.165) is 12.1 Å². The second-order valence-corrected chi connectivity index (χ2v) is 3.83. The fourth-order valence-electron chi connectivity index (χ4n) is 1.91. The molecule has 90 valence electrons. The fourth-order valence-corrected chi connectivity index (χ4v) is 1.91. The van der Waals surface area contributed by atoms with Gasteiger partial charge in [-0.15, -0.1) is 0 Å². The first-order valence-corrected chi connectivity index (χ1v) is 5.00. The minimum absolute atomic E-state index is 0.159. The quantitative estimate of drug-likeness (QED) is 0.596. The number of halogens is 1. The molecule has 1 aromatic rings. The van der Waals surface area contributed by atoms with Crippen LogP contribution in [0.4, 0.5) is 15.8 Å². The smallest absolute Gasteiger partial charge is 0.305 e. The predicted molar refractivity (Wildman–Crippen MR) is 58.1 cm³/mol. The monoisotopic (exact) mass is 239 g/mol. The van der Waals surface area contributed by atoms with Gasteiger partial charge in [0.2, 0.25) is 11.7 Å². The van der Waals surface area contributed by atoms with Crippen molar-refractivity contribution in [3.8, 4) is 0 Å². The topological polar surface area (TPSA) is 98.3 Å². The maximum atomic E-state index is 13.4. The van der Waals surface area contributed by atoms with Crippen molar-refractivity contribution in [3.63, 3.8) is 0 Å². The van der Waals surface area contributed by atoms with Crippen molar-refractivity contribution in [2.45, 2.75) is 12.3 Å². The lowest BCUT2D eigenvalue weighted by atomic mass is 9.90. The molecule has 6 nitrogen and oxygen atoms in total. The van der Waals surface area contributed by atoms with Gasteiger partial charge in [0.15, 0.2) is 0 Å². The van der Waals surface area contributed by atoms with Crippen molar-refractivity contribution in [2.75, 3.05) is 11.9 Å². The molecule has 1 unspecified atom stereocenters. The largest absolute Gasteiger partial charge is 0.330 e. The summed E-state index contributed by atoms with van der Waals surface area (Å²) in [5, 5.41) is 13.1. The summed E-state index contributed by atoms with van der Waals surface area (Å²) >= 11 is 0. The third-order valence-corrected chi connectivity index (χ3v) is 2.75. The number of nitrogens with one attached hydrogen (secondary N) is 1. The van der Waals surface area contributed by atoms with Gasteiger partial charge in [-0.1, -0.05) is 0 Å². The van der Waals surface area contributed by atoms with E-state index in [1.54, 1.807) is 0 Å². The average molecular weight is 239 g/mol. The first-order valence-electron chi connectivity index (χ1n) is 5.00. The highest BCUT2D eigenvalue weighted by Gasteiger charge is 2.28. The Bertz CT molecular complexity index is 504. The summed E-state index contributed by atoms with van der Waals surface area (Å²) in [4.78, 5) is 21.1. The van der Waals surface area contributed by atoms with Gasteiger partial charge in [-0.2, -0.15) is 4.39 Å². The van der Waals surface area contributed by atoms with Gasteiger partial charge in [-0.05, 0) is 12.1 Å². The molecule has 2 rings (SSSR count). The number of nitrogens with two attached hydrogens (primary N) is 1. The van der Waals surface area contributed by atoms with E-state index in [1.807, 2.05) is 0 Å². The molecule has 0 bridgehead atoms. The Kier molecular flexibility index (Phi) is 2.76. The van der Waals surface area contributed by atoms with E-state index in [0.29, 0.717) is 5.56 Å². The summed E-state index contributed by atoms with van der Waals surface area (Å²) in [7, 11) is 0. The summed E-state index contributed by atoms with van der Waals surface area (Å²) in [6, 6.07) is 2.11. The van der Waals surface area contributed by atoms with E-state index in [9.17, 15) is 19.3 Å². The van der Waals surface area contributed by atoms with Crippen molar-refractivity contribution in [1.29, 1.82) is 0 Å². The van der Waals surface area contributed by atoms with Crippen LogP contribution in [0.3, 0.4) is 0 Å². The number of fused-ring (bicyclic) bond motifs is 1. The lowest BCUT2D eigenvalue weighted by molar-refractivity contribution is -0.387. The highest BCUT2D eigenvalue weighted by Crippen LogP contribution is 2.35. The lowest BCUT2D eigenvalue weighted by Gasteiger charge is -2.24. The van der Waals surface area contributed by atoms with Crippen LogP contribution >= 0.6 is 0 Å². The molecule has 1 aliphatic heterocycles. The van der Waals surface area contributed by atoms with Crippen LogP contribution in [0, 0.1) is 15.9 Å².